The molecule has 0 bridgehead atoms. The van der Waals surface area contributed by atoms with Crippen LogP contribution in [-0.4, -0.2) is 42.3 Å². The van der Waals surface area contributed by atoms with Gasteiger partial charge >= 0.3 is 0 Å². The van der Waals surface area contributed by atoms with E-state index in [2.05, 4.69) is 21.2 Å². The van der Waals surface area contributed by atoms with E-state index in [4.69, 9.17) is 0 Å². The van der Waals surface area contributed by atoms with Gasteiger partial charge < -0.3 is 5.32 Å². The standard InChI is InChI=1S/C14H17BrN2O2/c1-2-12-14(19)16-7-8-17(12)9-13(18)10-3-5-11(15)6-4-10/h3-6,12H,2,7-9H2,1H3,(H,16,19). The Morgan fingerprint density at radius 3 is 2.74 bits per heavy atom. The summed E-state index contributed by atoms with van der Waals surface area (Å²) < 4.78 is 0.952. The molecule has 1 aromatic carbocycles. The van der Waals surface area contributed by atoms with Crippen molar-refractivity contribution >= 4 is 27.6 Å². The molecule has 0 aromatic heterocycles. The molecule has 0 radical (unpaired) electrons. The van der Waals surface area contributed by atoms with Gasteiger partial charge in [-0.1, -0.05) is 35.0 Å². The minimum atomic E-state index is -0.187. The van der Waals surface area contributed by atoms with Crippen LogP contribution in [0.25, 0.3) is 0 Å². The number of halogens is 1. The van der Waals surface area contributed by atoms with Crippen molar-refractivity contribution in [3.05, 3.63) is 34.3 Å². The maximum Gasteiger partial charge on any atom is 0.237 e. The lowest BCUT2D eigenvalue weighted by Crippen LogP contribution is -2.56. The lowest BCUT2D eigenvalue weighted by molar-refractivity contribution is -0.128. The van der Waals surface area contributed by atoms with Gasteiger partial charge in [0.25, 0.3) is 0 Å². The number of nitrogens with zero attached hydrogens (tertiary/aromatic N) is 1. The van der Waals surface area contributed by atoms with Crippen LogP contribution in [0, 0.1) is 0 Å². The zero-order valence-electron chi connectivity index (χ0n) is 10.9. The Bertz CT molecular complexity index is 473. The van der Waals surface area contributed by atoms with Crippen LogP contribution in [0.15, 0.2) is 28.7 Å². The number of carbonyl (C=O) groups excluding carboxylic acids is 2. The van der Waals surface area contributed by atoms with Crippen LogP contribution in [0.1, 0.15) is 23.7 Å². The van der Waals surface area contributed by atoms with Crippen molar-refractivity contribution < 1.29 is 9.59 Å². The fourth-order valence-corrected chi connectivity index (χ4v) is 2.57. The Kier molecular flexibility index (Phi) is 4.71. The molecule has 4 nitrogen and oxygen atoms in total. The largest absolute Gasteiger partial charge is 0.353 e. The van der Waals surface area contributed by atoms with Crippen molar-refractivity contribution in [3.63, 3.8) is 0 Å². The molecule has 1 amide bonds. The summed E-state index contributed by atoms with van der Waals surface area (Å²) in [6.07, 6.45) is 0.722. The van der Waals surface area contributed by atoms with Crippen LogP contribution in [0.5, 0.6) is 0 Å². The maximum absolute atomic E-state index is 12.2. The topological polar surface area (TPSA) is 49.4 Å². The summed E-state index contributed by atoms with van der Waals surface area (Å²) in [4.78, 5) is 25.9. The minimum absolute atomic E-state index is 0.0253. The molecule has 1 aliphatic heterocycles. The molecule has 1 N–H and O–H groups in total. The normalized spacial score (nSPS) is 20.1. The van der Waals surface area contributed by atoms with E-state index < -0.39 is 0 Å². The third-order valence-electron chi connectivity index (χ3n) is 3.34. The van der Waals surface area contributed by atoms with Crippen LogP contribution in [0.2, 0.25) is 0 Å². The van der Waals surface area contributed by atoms with E-state index in [0.717, 1.165) is 17.4 Å². The third kappa shape index (κ3) is 3.42. The number of nitrogens with one attached hydrogen (secondary N) is 1. The molecule has 0 aliphatic carbocycles. The summed E-state index contributed by atoms with van der Waals surface area (Å²) in [5.41, 5.74) is 0.684. The SMILES string of the molecule is CCC1C(=O)NCCN1CC(=O)c1ccc(Br)cc1. The Morgan fingerprint density at radius 1 is 1.42 bits per heavy atom. The molecule has 1 atom stereocenters. The van der Waals surface area contributed by atoms with Crippen molar-refractivity contribution in [3.8, 4) is 0 Å². The summed E-state index contributed by atoms with van der Waals surface area (Å²) >= 11 is 3.35. The highest BCUT2D eigenvalue weighted by Crippen LogP contribution is 2.13. The molecule has 1 fully saturated rings. The van der Waals surface area contributed by atoms with Crippen LogP contribution in [-0.2, 0) is 4.79 Å². The first-order valence-corrected chi connectivity index (χ1v) is 7.21. The van der Waals surface area contributed by atoms with Crippen molar-refractivity contribution in [2.45, 2.75) is 19.4 Å². The van der Waals surface area contributed by atoms with Gasteiger partial charge in [-0.3, -0.25) is 14.5 Å². The Balaban J connectivity index is 2.05. The van der Waals surface area contributed by atoms with E-state index in [-0.39, 0.29) is 17.7 Å². The Morgan fingerprint density at radius 2 is 2.11 bits per heavy atom. The molecule has 5 heteroatoms. The quantitative estimate of drug-likeness (QED) is 0.860. The van der Waals surface area contributed by atoms with Gasteiger partial charge in [0.2, 0.25) is 5.91 Å². The second-order valence-electron chi connectivity index (χ2n) is 4.62. The number of hydrogen-bond acceptors (Lipinski definition) is 3. The van der Waals surface area contributed by atoms with Gasteiger partial charge in [-0.2, -0.15) is 0 Å². The molecule has 0 spiro atoms. The number of carbonyl (C=O) groups is 2. The van der Waals surface area contributed by atoms with Crippen LogP contribution < -0.4 is 5.32 Å². The highest BCUT2D eigenvalue weighted by Gasteiger charge is 2.29. The molecule has 1 heterocycles. The summed E-state index contributed by atoms with van der Waals surface area (Å²) in [6.45, 7) is 3.61. The van der Waals surface area contributed by atoms with Gasteiger partial charge in [-0.15, -0.1) is 0 Å². The van der Waals surface area contributed by atoms with Crippen LogP contribution in [0.3, 0.4) is 0 Å². The number of rotatable bonds is 4. The molecule has 102 valence electrons. The first-order chi connectivity index (χ1) is 9.11. The van der Waals surface area contributed by atoms with E-state index in [1.807, 2.05) is 24.0 Å². The highest BCUT2D eigenvalue weighted by molar-refractivity contribution is 9.10. The predicted octanol–water partition coefficient (Wildman–Crippen LogP) is 1.84. The number of benzene rings is 1. The number of hydrogen-bond donors (Lipinski definition) is 1. The van der Waals surface area contributed by atoms with E-state index in [9.17, 15) is 9.59 Å². The Labute approximate surface area is 121 Å². The third-order valence-corrected chi connectivity index (χ3v) is 3.87. The fraction of sp³-hybridized carbons (Fsp3) is 0.429. The average molecular weight is 325 g/mol. The molecular formula is C14H17BrN2O2. The molecule has 1 aromatic rings. The number of Topliss-reactive ketones (excluding diaryl/α,β-unsaturated/α-hetero) is 1. The molecular weight excluding hydrogens is 308 g/mol. The second-order valence-corrected chi connectivity index (χ2v) is 5.53. The number of amides is 1. The van der Waals surface area contributed by atoms with Crippen LogP contribution >= 0.6 is 15.9 Å². The van der Waals surface area contributed by atoms with Crippen molar-refractivity contribution in [2.75, 3.05) is 19.6 Å². The molecule has 19 heavy (non-hydrogen) atoms. The second kappa shape index (κ2) is 6.30. The van der Waals surface area contributed by atoms with Crippen LogP contribution in [0.4, 0.5) is 0 Å². The molecule has 2 rings (SSSR count). The fourth-order valence-electron chi connectivity index (χ4n) is 2.31. The van der Waals surface area contributed by atoms with Gasteiger partial charge in [-0.25, -0.2) is 0 Å². The summed E-state index contributed by atoms with van der Waals surface area (Å²) in [5, 5.41) is 2.84. The monoisotopic (exact) mass is 324 g/mol. The summed E-state index contributed by atoms with van der Waals surface area (Å²) in [7, 11) is 0. The molecule has 1 unspecified atom stereocenters. The van der Waals surface area contributed by atoms with E-state index in [1.54, 1.807) is 12.1 Å². The predicted molar refractivity (Wildman–Crippen MR) is 77.1 cm³/mol. The highest BCUT2D eigenvalue weighted by atomic mass is 79.9. The molecule has 0 saturated carbocycles. The molecule has 1 aliphatic rings. The van der Waals surface area contributed by atoms with Gasteiger partial charge in [0.1, 0.15) is 0 Å². The summed E-state index contributed by atoms with van der Waals surface area (Å²) in [6, 6.07) is 7.13. The van der Waals surface area contributed by atoms with Crippen molar-refractivity contribution in [1.29, 1.82) is 0 Å². The van der Waals surface area contributed by atoms with E-state index >= 15 is 0 Å². The molecule has 1 saturated heterocycles. The maximum atomic E-state index is 12.2. The van der Waals surface area contributed by atoms with Crippen molar-refractivity contribution in [1.82, 2.24) is 10.2 Å². The van der Waals surface area contributed by atoms with Gasteiger partial charge in [-0.05, 0) is 18.6 Å². The van der Waals surface area contributed by atoms with Gasteiger partial charge in [0.05, 0.1) is 12.6 Å². The lowest BCUT2D eigenvalue weighted by atomic mass is 10.1. The minimum Gasteiger partial charge on any atom is -0.353 e. The van der Waals surface area contributed by atoms with E-state index in [0.29, 0.717) is 18.7 Å². The number of ketones is 1. The summed E-state index contributed by atoms with van der Waals surface area (Å²) in [5.74, 6) is 0.0815. The Hall–Kier alpha value is -1.20. The van der Waals surface area contributed by atoms with Gasteiger partial charge in [0, 0.05) is 23.1 Å². The zero-order valence-corrected chi connectivity index (χ0v) is 12.4. The zero-order chi connectivity index (χ0) is 13.8. The lowest BCUT2D eigenvalue weighted by Gasteiger charge is -2.33. The first-order valence-electron chi connectivity index (χ1n) is 6.42. The first kappa shape index (κ1) is 14.2. The number of piperazine rings is 1. The average Bonchev–Trinajstić information content (AvgIpc) is 2.39. The smallest absolute Gasteiger partial charge is 0.237 e. The van der Waals surface area contributed by atoms with E-state index in [1.165, 1.54) is 0 Å². The van der Waals surface area contributed by atoms with Crippen molar-refractivity contribution in [2.24, 2.45) is 0 Å². The van der Waals surface area contributed by atoms with Gasteiger partial charge in [0.15, 0.2) is 5.78 Å².